The molecule has 0 fully saturated rings. The Morgan fingerprint density at radius 1 is 0.917 bits per heavy atom. The van der Waals surface area contributed by atoms with E-state index in [4.69, 9.17) is 14.2 Å². The van der Waals surface area contributed by atoms with Crippen molar-refractivity contribution in [2.45, 2.75) is 26.8 Å². The largest absolute Gasteiger partial charge is 0.487 e. The van der Waals surface area contributed by atoms with E-state index in [2.05, 4.69) is 11.4 Å². The number of nitrogens with zero attached hydrogens (tertiary/aromatic N) is 1. The maximum atomic E-state index is 13.2. The number of rotatable bonds is 8. The van der Waals surface area contributed by atoms with Crippen LogP contribution in [0.3, 0.4) is 0 Å². The Bertz CT molecular complexity index is 1270. The van der Waals surface area contributed by atoms with E-state index >= 15 is 0 Å². The predicted molar refractivity (Wildman–Crippen MR) is 137 cm³/mol. The summed E-state index contributed by atoms with van der Waals surface area (Å²) in [6, 6.07) is 21.5. The van der Waals surface area contributed by atoms with Gasteiger partial charge < -0.3 is 19.5 Å². The molecule has 1 N–H and O–H groups in total. The van der Waals surface area contributed by atoms with Crippen molar-refractivity contribution < 1.29 is 23.8 Å². The van der Waals surface area contributed by atoms with Gasteiger partial charge in [0.25, 0.3) is 0 Å². The molecule has 7 nitrogen and oxygen atoms in total. The van der Waals surface area contributed by atoms with Crippen LogP contribution in [0.25, 0.3) is 0 Å². The third-order valence-electron chi connectivity index (χ3n) is 5.81. The highest BCUT2D eigenvalue weighted by Crippen LogP contribution is 2.34. The van der Waals surface area contributed by atoms with Crippen LogP contribution in [0.15, 0.2) is 84.1 Å². The fraction of sp³-hybridized carbons (Fsp3) is 0.241. The van der Waals surface area contributed by atoms with Gasteiger partial charge in [-0.05, 0) is 73.9 Å². The molecule has 0 aromatic heterocycles. The summed E-state index contributed by atoms with van der Waals surface area (Å²) >= 11 is 0. The predicted octanol–water partition coefficient (Wildman–Crippen LogP) is 5.69. The number of aryl methyl sites for hydroxylation is 2. The van der Waals surface area contributed by atoms with Gasteiger partial charge in [-0.15, -0.1) is 0 Å². The van der Waals surface area contributed by atoms with E-state index in [1.165, 1.54) is 4.90 Å². The third-order valence-corrected chi connectivity index (χ3v) is 5.81. The van der Waals surface area contributed by atoms with Crippen molar-refractivity contribution in [3.63, 3.8) is 0 Å². The average Bonchev–Trinajstić information content (AvgIpc) is 2.85. The second-order valence-electron chi connectivity index (χ2n) is 8.62. The van der Waals surface area contributed by atoms with Gasteiger partial charge in [0.1, 0.15) is 23.9 Å². The number of benzene rings is 3. The van der Waals surface area contributed by atoms with Gasteiger partial charge in [-0.1, -0.05) is 36.4 Å². The zero-order chi connectivity index (χ0) is 25.7. The van der Waals surface area contributed by atoms with E-state index in [0.717, 1.165) is 11.1 Å². The molecule has 1 unspecified atom stereocenters. The molecule has 0 aliphatic carbocycles. The van der Waals surface area contributed by atoms with Gasteiger partial charge in [-0.3, -0.25) is 4.90 Å². The number of esters is 1. The van der Waals surface area contributed by atoms with E-state index in [-0.39, 0.29) is 19.2 Å². The number of ether oxygens (including phenoxy) is 3. The number of carbonyl (C=O) groups excluding carboxylic acids is 2. The molecule has 1 aliphatic heterocycles. The van der Waals surface area contributed by atoms with Gasteiger partial charge >= 0.3 is 12.0 Å². The van der Waals surface area contributed by atoms with Gasteiger partial charge in [0.15, 0.2) is 0 Å². The number of hydrogen-bond acceptors (Lipinski definition) is 5. The van der Waals surface area contributed by atoms with Gasteiger partial charge in [0, 0.05) is 7.05 Å². The Kier molecular flexibility index (Phi) is 7.59. The molecule has 1 atom stereocenters. The first-order valence-electron chi connectivity index (χ1n) is 11.8. The number of carbonyl (C=O) groups is 2. The highest BCUT2D eigenvalue weighted by Gasteiger charge is 2.37. The molecule has 4 rings (SSSR count). The van der Waals surface area contributed by atoms with Crippen molar-refractivity contribution in [3.8, 4) is 17.2 Å². The number of hydrogen-bond donors (Lipinski definition) is 1. The number of para-hydroxylation sites is 1. The van der Waals surface area contributed by atoms with Crippen LogP contribution < -0.4 is 14.8 Å². The Morgan fingerprint density at radius 2 is 1.61 bits per heavy atom. The minimum Gasteiger partial charge on any atom is -0.487 e. The summed E-state index contributed by atoms with van der Waals surface area (Å²) < 4.78 is 17.4. The summed E-state index contributed by atoms with van der Waals surface area (Å²) in [5.74, 6) is 1.43. The molecule has 3 aromatic rings. The molecule has 0 spiro atoms. The highest BCUT2D eigenvalue weighted by atomic mass is 16.5. The van der Waals surface area contributed by atoms with E-state index in [9.17, 15) is 9.59 Å². The second kappa shape index (κ2) is 11.0. The normalized spacial score (nSPS) is 15.4. The first kappa shape index (κ1) is 24.9. The van der Waals surface area contributed by atoms with Crippen molar-refractivity contribution >= 4 is 12.0 Å². The molecule has 186 valence electrons. The monoisotopic (exact) mass is 486 g/mol. The van der Waals surface area contributed by atoms with E-state index in [1.807, 2.05) is 80.6 Å². The maximum Gasteiger partial charge on any atom is 0.338 e. The number of nitrogens with one attached hydrogen (secondary N) is 1. The highest BCUT2D eigenvalue weighted by molar-refractivity contribution is 5.95. The molecule has 36 heavy (non-hydrogen) atoms. The molecular formula is C29H30N2O5. The van der Waals surface area contributed by atoms with Gasteiger partial charge in [-0.2, -0.15) is 0 Å². The smallest absolute Gasteiger partial charge is 0.338 e. The Morgan fingerprint density at radius 3 is 2.31 bits per heavy atom. The minimum atomic E-state index is -0.732. The summed E-state index contributed by atoms with van der Waals surface area (Å²) in [5.41, 5.74) is 3.58. The summed E-state index contributed by atoms with van der Waals surface area (Å²) in [6.45, 7) is 5.96. The fourth-order valence-corrected chi connectivity index (χ4v) is 4.18. The van der Waals surface area contributed by atoms with Crippen LogP contribution >= 0.6 is 0 Å². The summed E-state index contributed by atoms with van der Waals surface area (Å²) in [5, 5.41) is 2.93. The number of urea groups is 1. The average molecular weight is 487 g/mol. The van der Waals surface area contributed by atoms with Gasteiger partial charge in [0.05, 0.1) is 23.9 Å². The lowest BCUT2D eigenvalue weighted by Gasteiger charge is -2.34. The van der Waals surface area contributed by atoms with Crippen LogP contribution in [-0.2, 0) is 9.53 Å². The molecule has 1 aliphatic rings. The fourth-order valence-electron chi connectivity index (χ4n) is 4.18. The lowest BCUT2D eigenvalue weighted by atomic mass is 9.94. The molecule has 3 aromatic carbocycles. The minimum absolute atomic E-state index is 0.0255. The van der Waals surface area contributed by atoms with E-state index in [1.54, 1.807) is 14.0 Å². The quantitative estimate of drug-likeness (QED) is 0.414. The summed E-state index contributed by atoms with van der Waals surface area (Å²) in [6.07, 6.45) is 0. The standard InChI is InChI=1S/C29H30N2O5/c1-5-34-28(32)26-25(18-35-24-15-19(2)14-20(3)16-24)31(4)29(33)30-27(26)21-10-9-13-23(17-21)36-22-11-7-6-8-12-22/h6-17,27H,5,18H2,1-4H3,(H,30,33). The van der Waals surface area contributed by atoms with Crippen LogP contribution in [0.4, 0.5) is 4.79 Å². The van der Waals surface area contributed by atoms with Crippen LogP contribution in [0.2, 0.25) is 0 Å². The zero-order valence-corrected chi connectivity index (χ0v) is 20.9. The summed E-state index contributed by atoms with van der Waals surface area (Å²) in [4.78, 5) is 27.5. The van der Waals surface area contributed by atoms with E-state index < -0.39 is 12.0 Å². The van der Waals surface area contributed by atoms with E-state index in [0.29, 0.717) is 34.1 Å². The van der Waals surface area contributed by atoms with Crippen LogP contribution in [0.1, 0.15) is 29.7 Å². The number of amides is 2. The molecule has 1 heterocycles. The topological polar surface area (TPSA) is 77.1 Å². The van der Waals surface area contributed by atoms with Crippen molar-refractivity contribution in [1.82, 2.24) is 10.2 Å². The number of likely N-dealkylation sites (N-methyl/N-ethyl adjacent to an activating group) is 1. The lowest BCUT2D eigenvalue weighted by Crippen LogP contribution is -2.48. The SMILES string of the molecule is CCOC(=O)C1=C(COc2cc(C)cc(C)c2)N(C)C(=O)NC1c1cccc(Oc2ccccc2)c1. The third kappa shape index (κ3) is 5.68. The van der Waals surface area contributed by atoms with Crippen molar-refractivity contribution in [2.24, 2.45) is 0 Å². The molecule has 2 amide bonds. The Balaban J connectivity index is 1.71. The van der Waals surface area contributed by atoms with Crippen LogP contribution in [0, 0.1) is 13.8 Å². The van der Waals surface area contributed by atoms with Gasteiger partial charge in [-0.25, -0.2) is 9.59 Å². The maximum absolute atomic E-state index is 13.2. The van der Waals surface area contributed by atoms with Crippen molar-refractivity contribution in [1.29, 1.82) is 0 Å². The molecule has 0 saturated carbocycles. The van der Waals surface area contributed by atoms with Crippen molar-refractivity contribution in [2.75, 3.05) is 20.3 Å². The molecule has 7 heteroatoms. The first-order chi connectivity index (χ1) is 17.4. The van der Waals surface area contributed by atoms with Gasteiger partial charge in [0.2, 0.25) is 0 Å². The second-order valence-corrected chi connectivity index (χ2v) is 8.62. The summed E-state index contributed by atoms with van der Waals surface area (Å²) in [7, 11) is 1.61. The van der Waals surface area contributed by atoms with Crippen LogP contribution in [-0.4, -0.2) is 37.2 Å². The Labute approximate surface area is 211 Å². The molecule has 0 saturated heterocycles. The Hall–Kier alpha value is -4.26. The lowest BCUT2D eigenvalue weighted by molar-refractivity contribution is -0.139. The van der Waals surface area contributed by atoms with Crippen molar-refractivity contribution in [3.05, 3.63) is 101 Å². The van der Waals surface area contributed by atoms with Crippen LogP contribution in [0.5, 0.6) is 17.2 Å². The molecule has 0 radical (unpaired) electrons. The zero-order valence-electron chi connectivity index (χ0n) is 20.9. The molecule has 0 bridgehead atoms. The first-order valence-corrected chi connectivity index (χ1v) is 11.8. The molecular weight excluding hydrogens is 456 g/mol.